The van der Waals surface area contributed by atoms with E-state index in [1.807, 2.05) is 60.7 Å². The maximum absolute atomic E-state index is 13.7. The van der Waals surface area contributed by atoms with Crippen LogP contribution in [0.5, 0.6) is 0 Å². The van der Waals surface area contributed by atoms with Crippen LogP contribution in [0.15, 0.2) is 101 Å². The Kier molecular flexibility index (Phi) is 4.29. The zero-order valence-corrected chi connectivity index (χ0v) is 18.6. The lowest BCUT2D eigenvalue weighted by molar-refractivity contribution is 0.615. The van der Waals surface area contributed by atoms with Crippen LogP contribution in [0.1, 0.15) is 22.9 Å². The molecule has 1 N–H and O–H groups in total. The summed E-state index contributed by atoms with van der Waals surface area (Å²) in [5.41, 5.74) is 5.90. The first-order valence-electron chi connectivity index (χ1n) is 11.4. The number of rotatable bonds is 3. The molecule has 0 saturated carbocycles. The minimum Gasteiger partial charge on any atom is -0.464 e. The van der Waals surface area contributed by atoms with Crippen LogP contribution in [0.4, 0.5) is 5.95 Å². The number of fused-ring (bicyclic) bond motifs is 3. The van der Waals surface area contributed by atoms with Gasteiger partial charge in [-0.25, -0.2) is 9.97 Å². The number of hydrogen-bond acceptors (Lipinski definition) is 6. The van der Waals surface area contributed by atoms with Gasteiger partial charge in [-0.2, -0.15) is 0 Å². The number of furan rings is 1. The highest BCUT2D eigenvalue weighted by atomic mass is 16.3. The summed E-state index contributed by atoms with van der Waals surface area (Å²) in [6.07, 6.45) is 6.98. The first-order chi connectivity index (χ1) is 17.3. The van der Waals surface area contributed by atoms with E-state index in [4.69, 9.17) is 4.42 Å². The summed E-state index contributed by atoms with van der Waals surface area (Å²) in [5, 5.41) is 1.66. The molecule has 5 heterocycles. The molecular formula is C28H19N5O2. The van der Waals surface area contributed by atoms with Gasteiger partial charge >= 0.3 is 0 Å². The van der Waals surface area contributed by atoms with E-state index in [1.165, 1.54) is 0 Å². The molecule has 1 atom stereocenters. The third-order valence-corrected chi connectivity index (χ3v) is 6.59. The van der Waals surface area contributed by atoms with E-state index < -0.39 is 0 Å². The fourth-order valence-corrected chi connectivity index (χ4v) is 4.96. The summed E-state index contributed by atoms with van der Waals surface area (Å²) < 4.78 is 5.54. The van der Waals surface area contributed by atoms with Gasteiger partial charge in [-0.15, -0.1) is 0 Å². The van der Waals surface area contributed by atoms with Crippen LogP contribution < -0.4 is 10.3 Å². The molecule has 4 aromatic heterocycles. The summed E-state index contributed by atoms with van der Waals surface area (Å²) in [6, 6.07) is 21.0. The Labute approximate surface area is 199 Å². The molecule has 0 radical (unpaired) electrons. The maximum Gasteiger partial charge on any atom is 0.226 e. The van der Waals surface area contributed by atoms with Crippen LogP contribution in [-0.4, -0.2) is 19.9 Å². The fourth-order valence-electron chi connectivity index (χ4n) is 4.96. The van der Waals surface area contributed by atoms with E-state index in [0.29, 0.717) is 17.9 Å². The van der Waals surface area contributed by atoms with Crippen molar-refractivity contribution < 1.29 is 4.42 Å². The molecule has 1 aliphatic heterocycles. The van der Waals surface area contributed by atoms with E-state index in [1.54, 1.807) is 24.9 Å². The Balaban J connectivity index is 1.40. The molecule has 0 amide bonds. The van der Waals surface area contributed by atoms with E-state index in [0.717, 1.165) is 44.6 Å². The van der Waals surface area contributed by atoms with Crippen LogP contribution in [-0.2, 0) is 6.54 Å². The highest BCUT2D eigenvalue weighted by Crippen LogP contribution is 2.39. The van der Waals surface area contributed by atoms with Crippen molar-refractivity contribution in [2.45, 2.75) is 12.6 Å². The molecule has 6 aromatic rings. The van der Waals surface area contributed by atoms with Gasteiger partial charge in [0.1, 0.15) is 5.58 Å². The highest BCUT2D eigenvalue weighted by molar-refractivity contribution is 5.81. The van der Waals surface area contributed by atoms with Gasteiger partial charge in [-0.1, -0.05) is 24.3 Å². The molecule has 7 rings (SSSR count). The Bertz CT molecular complexity index is 1760. The van der Waals surface area contributed by atoms with Gasteiger partial charge in [-0.05, 0) is 48.0 Å². The molecule has 0 bridgehead atoms. The SMILES string of the molecule is O=c1c2c([nH]c3ccccc13)CN(c1ncc(-c3ccccn3)cn1)C2c1ccc2occc2c1. The van der Waals surface area contributed by atoms with Gasteiger partial charge in [-0.3, -0.25) is 9.78 Å². The predicted octanol–water partition coefficient (Wildman–Crippen LogP) is 5.24. The second-order valence-electron chi connectivity index (χ2n) is 8.63. The molecule has 0 saturated heterocycles. The molecule has 1 aliphatic rings. The molecule has 7 heteroatoms. The van der Waals surface area contributed by atoms with Gasteiger partial charge in [0.25, 0.3) is 0 Å². The number of pyridine rings is 2. The van der Waals surface area contributed by atoms with Crippen molar-refractivity contribution in [1.29, 1.82) is 0 Å². The van der Waals surface area contributed by atoms with E-state index >= 15 is 0 Å². The lowest BCUT2D eigenvalue weighted by Crippen LogP contribution is -2.26. The van der Waals surface area contributed by atoms with Crippen molar-refractivity contribution in [3.05, 3.63) is 119 Å². The Morgan fingerprint density at radius 1 is 0.943 bits per heavy atom. The van der Waals surface area contributed by atoms with Crippen molar-refractivity contribution in [2.24, 2.45) is 0 Å². The first kappa shape index (κ1) is 19.7. The molecule has 35 heavy (non-hydrogen) atoms. The second-order valence-corrected chi connectivity index (χ2v) is 8.63. The molecule has 1 unspecified atom stereocenters. The minimum absolute atomic E-state index is 0.0271. The normalized spacial score (nSPS) is 15.1. The number of H-pyrrole nitrogens is 1. The van der Waals surface area contributed by atoms with E-state index in [2.05, 4.69) is 30.9 Å². The number of aromatic nitrogens is 4. The number of nitrogens with zero attached hydrogens (tertiary/aromatic N) is 4. The third-order valence-electron chi connectivity index (χ3n) is 6.59. The Morgan fingerprint density at radius 3 is 2.66 bits per heavy atom. The van der Waals surface area contributed by atoms with Crippen molar-refractivity contribution in [1.82, 2.24) is 19.9 Å². The smallest absolute Gasteiger partial charge is 0.226 e. The molecule has 2 aromatic carbocycles. The summed E-state index contributed by atoms with van der Waals surface area (Å²) in [6.45, 7) is 0.492. The van der Waals surface area contributed by atoms with Gasteiger partial charge in [0.2, 0.25) is 5.95 Å². The highest BCUT2D eigenvalue weighted by Gasteiger charge is 2.36. The fraction of sp³-hybridized carbons (Fsp3) is 0.0714. The first-order valence-corrected chi connectivity index (χ1v) is 11.4. The number of hydrogen-bond donors (Lipinski definition) is 1. The third kappa shape index (κ3) is 3.13. The molecule has 0 fully saturated rings. The van der Waals surface area contributed by atoms with Gasteiger partial charge in [0, 0.05) is 51.7 Å². The number of anilines is 1. The van der Waals surface area contributed by atoms with Crippen molar-refractivity contribution in [3.63, 3.8) is 0 Å². The topological polar surface area (TPSA) is 87.9 Å². The monoisotopic (exact) mass is 457 g/mol. The second kappa shape index (κ2) is 7.63. The van der Waals surface area contributed by atoms with Crippen LogP contribution in [0.2, 0.25) is 0 Å². The molecule has 0 spiro atoms. The average molecular weight is 457 g/mol. The van der Waals surface area contributed by atoms with Gasteiger partial charge < -0.3 is 14.3 Å². The van der Waals surface area contributed by atoms with E-state index in [9.17, 15) is 4.79 Å². The zero-order valence-electron chi connectivity index (χ0n) is 18.6. The average Bonchev–Trinajstić information content (AvgIpc) is 3.54. The Hall–Kier alpha value is -4.78. The lowest BCUT2D eigenvalue weighted by atomic mass is 9.97. The lowest BCUT2D eigenvalue weighted by Gasteiger charge is -2.25. The quantitative estimate of drug-likeness (QED) is 0.391. The summed E-state index contributed by atoms with van der Waals surface area (Å²) >= 11 is 0. The maximum atomic E-state index is 13.7. The molecule has 168 valence electrons. The van der Waals surface area contributed by atoms with Crippen LogP contribution in [0.3, 0.4) is 0 Å². The number of benzene rings is 2. The van der Waals surface area contributed by atoms with Crippen LogP contribution in [0.25, 0.3) is 33.1 Å². The van der Waals surface area contributed by atoms with Gasteiger partial charge in [0.05, 0.1) is 24.5 Å². The van der Waals surface area contributed by atoms with Crippen molar-refractivity contribution in [3.8, 4) is 11.3 Å². The largest absolute Gasteiger partial charge is 0.464 e. The number of nitrogens with one attached hydrogen (secondary N) is 1. The van der Waals surface area contributed by atoms with Crippen LogP contribution in [0, 0.1) is 0 Å². The minimum atomic E-state index is -0.335. The molecule has 0 aliphatic carbocycles. The number of para-hydroxylation sites is 1. The predicted molar refractivity (Wildman–Crippen MR) is 134 cm³/mol. The standard InChI is InChI=1S/C28H19N5O2/c34-27-20-5-1-2-7-22(20)32-23-16-33(28-30-14-19(15-31-28)21-6-3-4-11-29-21)26(25(23)27)18-8-9-24-17(13-18)10-12-35-24/h1-15,26H,16H2,(H,32,34). The van der Waals surface area contributed by atoms with Gasteiger partial charge in [0.15, 0.2) is 5.43 Å². The summed E-state index contributed by atoms with van der Waals surface area (Å²) in [5.74, 6) is 0.551. The summed E-state index contributed by atoms with van der Waals surface area (Å²) in [4.78, 5) is 33.0. The van der Waals surface area contributed by atoms with Crippen molar-refractivity contribution >= 4 is 27.8 Å². The molecule has 7 nitrogen and oxygen atoms in total. The number of aromatic amines is 1. The van der Waals surface area contributed by atoms with Crippen molar-refractivity contribution in [2.75, 3.05) is 4.90 Å². The zero-order chi connectivity index (χ0) is 23.4. The Morgan fingerprint density at radius 2 is 1.80 bits per heavy atom. The summed E-state index contributed by atoms with van der Waals surface area (Å²) in [7, 11) is 0. The van der Waals surface area contributed by atoms with E-state index in [-0.39, 0.29) is 11.5 Å². The van der Waals surface area contributed by atoms with Crippen LogP contribution >= 0.6 is 0 Å². The molecular weight excluding hydrogens is 438 g/mol.